The molecule has 3 aromatic rings. The molecule has 0 saturated carbocycles. The van der Waals surface area contributed by atoms with Crippen molar-refractivity contribution in [1.82, 2.24) is 14.7 Å². The molecule has 1 aromatic heterocycles. The number of amides is 2. The third kappa shape index (κ3) is 3.25. The van der Waals surface area contributed by atoms with Crippen LogP contribution in [0.15, 0.2) is 53.3 Å². The Hall–Kier alpha value is -3.85. The third-order valence-electron chi connectivity index (χ3n) is 4.80. The van der Waals surface area contributed by atoms with Crippen LogP contribution in [0.4, 0.5) is 0 Å². The molecule has 0 spiro atoms. The Balaban J connectivity index is 1.52. The second-order valence-corrected chi connectivity index (χ2v) is 6.59. The van der Waals surface area contributed by atoms with E-state index >= 15 is 0 Å². The van der Waals surface area contributed by atoms with E-state index in [1.54, 1.807) is 48.5 Å². The van der Waals surface area contributed by atoms with Gasteiger partial charge < -0.3 is 9.84 Å². The average molecular weight is 407 g/mol. The Kier molecular flexibility index (Phi) is 5.11. The largest absolute Gasteiger partial charge is 0.459 e. The van der Waals surface area contributed by atoms with Gasteiger partial charge in [0.1, 0.15) is 6.61 Å². The highest BCUT2D eigenvalue weighted by atomic mass is 16.5. The highest BCUT2D eigenvalue weighted by Gasteiger charge is 2.35. The summed E-state index contributed by atoms with van der Waals surface area (Å²) in [5, 5.41) is 13.8. The van der Waals surface area contributed by atoms with Crippen LogP contribution in [-0.4, -0.2) is 57.3 Å². The number of aliphatic hydroxyl groups is 1. The van der Waals surface area contributed by atoms with E-state index in [9.17, 15) is 19.2 Å². The molecule has 152 valence electrons. The molecule has 30 heavy (non-hydrogen) atoms. The lowest BCUT2D eigenvalue weighted by Gasteiger charge is -2.14. The number of imide groups is 1. The molecule has 0 atom stereocenters. The molecule has 0 radical (unpaired) electrons. The van der Waals surface area contributed by atoms with Crippen molar-refractivity contribution in [3.05, 3.63) is 75.7 Å². The first-order valence-electron chi connectivity index (χ1n) is 9.26. The van der Waals surface area contributed by atoms with Gasteiger partial charge in [0.25, 0.3) is 17.4 Å². The Morgan fingerprint density at radius 2 is 1.50 bits per heavy atom. The summed E-state index contributed by atoms with van der Waals surface area (Å²) >= 11 is 0. The third-order valence-corrected chi connectivity index (χ3v) is 4.80. The summed E-state index contributed by atoms with van der Waals surface area (Å²) < 4.78 is 6.24. The Morgan fingerprint density at radius 1 is 0.900 bits per heavy atom. The van der Waals surface area contributed by atoms with E-state index in [0.717, 1.165) is 9.58 Å². The summed E-state index contributed by atoms with van der Waals surface area (Å²) in [7, 11) is 0. The fraction of sp³-hybridized carbons (Fsp3) is 0.190. The fourth-order valence-electron chi connectivity index (χ4n) is 3.37. The lowest BCUT2D eigenvalue weighted by atomic mass is 10.1. The number of nitrogens with zero attached hydrogens (tertiary/aromatic N) is 3. The van der Waals surface area contributed by atoms with Crippen LogP contribution >= 0.6 is 0 Å². The van der Waals surface area contributed by atoms with Gasteiger partial charge in [0.2, 0.25) is 0 Å². The average Bonchev–Trinajstić information content (AvgIpc) is 3.01. The van der Waals surface area contributed by atoms with Gasteiger partial charge in [-0.15, -0.1) is 0 Å². The first kappa shape index (κ1) is 19.5. The van der Waals surface area contributed by atoms with Crippen LogP contribution in [0.2, 0.25) is 0 Å². The summed E-state index contributed by atoms with van der Waals surface area (Å²) in [6.45, 7) is -0.718. The predicted molar refractivity (Wildman–Crippen MR) is 105 cm³/mol. The molecule has 2 aromatic carbocycles. The maximum Gasteiger partial charge on any atom is 0.359 e. The minimum atomic E-state index is -0.797. The van der Waals surface area contributed by atoms with Gasteiger partial charge in [0.15, 0.2) is 5.69 Å². The minimum absolute atomic E-state index is 0.0704. The second-order valence-electron chi connectivity index (χ2n) is 6.59. The second kappa shape index (κ2) is 7.88. The smallest absolute Gasteiger partial charge is 0.359 e. The van der Waals surface area contributed by atoms with Crippen LogP contribution in [0.3, 0.4) is 0 Å². The number of ether oxygens (including phenoxy) is 1. The van der Waals surface area contributed by atoms with Crippen molar-refractivity contribution in [2.75, 3.05) is 19.8 Å². The zero-order valence-corrected chi connectivity index (χ0v) is 15.8. The number of hydrogen-bond acceptors (Lipinski definition) is 7. The molecule has 2 heterocycles. The number of rotatable bonds is 6. The van der Waals surface area contributed by atoms with Crippen LogP contribution in [0.25, 0.3) is 10.8 Å². The van der Waals surface area contributed by atoms with Crippen LogP contribution in [0.1, 0.15) is 31.2 Å². The van der Waals surface area contributed by atoms with Crippen molar-refractivity contribution < 1.29 is 24.2 Å². The number of aromatic nitrogens is 2. The van der Waals surface area contributed by atoms with E-state index in [-0.39, 0.29) is 37.4 Å². The first-order chi connectivity index (χ1) is 14.5. The number of hydrogen-bond donors (Lipinski definition) is 1. The van der Waals surface area contributed by atoms with E-state index < -0.39 is 23.3 Å². The molecular formula is C21H17N3O6. The highest BCUT2D eigenvalue weighted by molar-refractivity contribution is 6.21. The number of fused-ring (bicyclic) bond motifs is 2. The van der Waals surface area contributed by atoms with E-state index in [2.05, 4.69) is 5.10 Å². The van der Waals surface area contributed by atoms with Gasteiger partial charge in [0.05, 0.1) is 36.2 Å². The molecule has 1 aliphatic rings. The number of esters is 1. The summed E-state index contributed by atoms with van der Waals surface area (Å²) in [5.41, 5.74) is 0.123. The molecule has 0 saturated heterocycles. The van der Waals surface area contributed by atoms with Crippen molar-refractivity contribution in [3.8, 4) is 0 Å². The van der Waals surface area contributed by atoms with Crippen molar-refractivity contribution in [1.29, 1.82) is 0 Å². The molecule has 0 fully saturated rings. The molecule has 0 unspecified atom stereocenters. The molecule has 9 heteroatoms. The van der Waals surface area contributed by atoms with Gasteiger partial charge in [-0.05, 0) is 18.2 Å². The van der Waals surface area contributed by atoms with Gasteiger partial charge >= 0.3 is 5.97 Å². The Morgan fingerprint density at radius 3 is 2.13 bits per heavy atom. The van der Waals surface area contributed by atoms with E-state index in [4.69, 9.17) is 9.84 Å². The molecule has 2 amide bonds. The molecule has 1 aliphatic heterocycles. The predicted octanol–water partition coefficient (Wildman–Crippen LogP) is 0.842. The Bertz CT molecular complexity index is 1200. The normalized spacial score (nSPS) is 13.0. The van der Waals surface area contributed by atoms with Crippen LogP contribution < -0.4 is 5.56 Å². The van der Waals surface area contributed by atoms with Crippen molar-refractivity contribution >= 4 is 28.6 Å². The minimum Gasteiger partial charge on any atom is -0.459 e. The molecule has 4 rings (SSSR count). The van der Waals surface area contributed by atoms with Gasteiger partial charge in [-0.25, -0.2) is 9.48 Å². The zero-order chi connectivity index (χ0) is 21.3. The van der Waals surface area contributed by atoms with Gasteiger partial charge in [-0.2, -0.15) is 5.10 Å². The van der Waals surface area contributed by atoms with Gasteiger partial charge in [0, 0.05) is 5.39 Å². The maximum atomic E-state index is 12.6. The molecule has 1 N–H and O–H groups in total. The quantitative estimate of drug-likeness (QED) is 0.475. The zero-order valence-electron chi connectivity index (χ0n) is 15.8. The van der Waals surface area contributed by atoms with Gasteiger partial charge in [-0.3, -0.25) is 19.3 Å². The summed E-state index contributed by atoms with van der Waals surface area (Å²) in [6.07, 6.45) is 0. The number of aliphatic hydroxyl groups excluding tert-OH is 1. The topological polar surface area (TPSA) is 119 Å². The van der Waals surface area contributed by atoms with E-state index in [1.165, 1.54) is 0 Å². The lowest BCUT2D eigenvalue weighted by Crippen LogP contribution is -2.34. The SMILES string of the molecule is O=C(OCCN1C(=O)c2ccccc2C1=O)c1nn(CCO)c(=O)c2ccccc12. The maximum absolute atomic E-state index is 12.6. The number of carbonyl (C=O) groups excluding carboxylic acids is 3. The van der Waals surface area contributed by atoms with Gasteiger partial charge in [-0.1, -0.05) is 30.3 Å². The number of benzene rings is 2. The summed E-state index contributed by atoms with van der Waals surface area (Å²) in [4.78, 5) is 50.8. The molecule has 0 aliphatic carbocycles. The monoisotopic (exact) mass is 407 g/mol. The number of carbonyl (C=O) groups is 3. The summed E-state index contributed by atoms with van der Waals surface area (Å²) in [6, 6.07) is 12.9. The molecule has 9 nitrogen and oxygen atoms in total. The van der Waals surface area contributed by atoms with Crippen LogP contribution in [0.5, 0.6) is 0 Å². The van der Waals surface area contributed by atoms with Crippen molar-refractivity contribution in [3.63, 3.8) is 0 Å². The van der Waals surface area contributed by atoms with Crippen LogP contribution in [0, 0.1) is 0 Å². The lowest BCUT2D eigenvalue weighted by molar-refractivity contribution is 0.0415. The highest BCUT2D eigenvalue weighted by Crippen LogP contribution is 2.22. The standard InChI is InChI=1S/C21H17N3O6/c25-11-9-24-20(28)14-6-2-1-5-13(14)17(22-24)21(29)30-12-10-23-18(26)15-7-3-4-8-16(15)19(23)27/h1-8,25H,9-12H2. The van der Waals surface area contributed by atoms with E-state index in [1.807, 2.05) is 0 Å². The molecule has 0 bridgehead atoms. The first-order valence-corrected chi connectivity index (χ1v) is 9.26. The fourth-order valence-corrected chi connectivity index (χ4v) is 3.37. The molecular weight excluding hydrogens is 390 g/mol. The Labute approximate surface area is 170 Å². The summed E-state index contributed by atoms with van der Waals surface area (Å²) in [5.74, 6) is -1.67. The van der Waals surface area contributed by atoms with Crippen molar-refractivity contribution in [2.24, 2.45) is 0 Å². The van der Waals surface area contributed by atoms with Crippen molar-refractivity contribution in [2.45, 2.75) is 6.54 Å². The van der Waals surface area contributed by atoms with Crippen LogP contribution in [-0.2, 0) is 11.3 Å². The van der Waals surface area contributed by atoms with E-state index in [0.29, 0.717) is 16.5 Å².